The molecule has 0 heterocycles. The van der Waals surface area contributed by atoms with Crippen LogP contribution in [-0.4, -0.2) is 18.5 Å². The van der Waals surface area contributed by atoms with Crippen LogP contribution in [0.25, 0.3) is 10.8 Å². The van der Waals surface area contributed by atoms with Gasteiger partial charge in [0, 0.05) is 6.07 Å². The van der Waals surface area contributed by atoms with E-state index < -0.39 is 30.1 Å². The number of nitrogens with one attached hydrogen (secondary N) is 1. The fourth-order valence-corrected chi connectivity index (χ4v) is 2.39. The lowest BCUT2D eigenvalue weighted by atomic mass is 10.1. The number of hydrogen-bond donors (Lipinski definition) is 1. The summed E-state index contributed by atoms with van der Waals surface area (Å²) in [6.45, 7) is -0.584. The van der Waals surface area contributed by atoms with Crippen LogP contribution in [0, 0.1) is 11.6 Å². The quantitative estimate of drug-likeness (QED) is 0.732. The predicted molar refractivity (Wildman–Crippen MR) is 89.2 cm³/mol. The minimum atomic E-state index is -0.909. The second-order valence-corrected chi connectivity index (χ2v) is 5.28. The standard InChI is InChI=1S/C19H13F2NO3/c20-13-8-9-17(16(21)10-13)22-18(23)11-25-19(24)15-7-3-5-12-4-1-2-6-14(12)15/h1-10H,11H2,(H,22,23). The zero-order chi connectivity index (χ0) is 17.8. The monoisotopic (exact) mass is 341 g/mol. The van der Waals surface area contributed by atoms with Crippen molar-refractivity contribution in [1.82, 2.24) is 0 Å². The summed E-state index contributed by atoms with van der Waals surface area (Å²) >= 11 is 0. The molecule has 0 aliphatic carbocycles. The van der Waals surface area contributed by atoms with E-state index >= 15 is 0 Å². The molecule has 0 spiro atoms. The van der Waals surface area contributed by atoms with Crippen LogP contribution in [-0.2, 0) is 9.53 Å². The molecule has 3 aromatic carbocycles. The number of ether oxygens (including phenoxy) is 1. The highest BCUT2D eigenvalue weighted by Crippen LogP contribution is 2.19. The summed E-state index contributed by atoms with van der Waals surface area (Å²) in [6.07, 6.45) is 0. The maximum absolute atomic E-state index is 13.5. The van der Waals surface area contributed by atoms with Crippen LogP contribution in [0.3, 0.4) is 0 Å². The first-order chi connectivity index (χ1) is 12.0. The molecule has 0 saturated carbocycles. The highest BCUT2D eigenvalue weighted by Gasteiger charge is 2.14. The van der Waals surface area contributed by atoms with Gasteiger partial charge >= 0.3 is 5.97 Å². The van der Waals surface area contributed by atoms with Crippen LogP contribution in [0.15, 0.2) is 60.7 Å². The number of esters is 1. The second-order valence-electron chi connectivity index (χ2n) is 5.28. The Morgan fingerprint density at radius 3 is 2.52 bits per heavy atom. The van der Waals surface area contributed by atoms with Gasteiger partial charge in [0.2, 0.25) is 0 Å². The molecule has 1 N–H and O–H groups in total. The second kappa shape index (κ2) is 7.09. The van der Waals surface area contributed by atoms with E-state index in [1.165, 1.54) is 0 Å². The fourth-order valence-electron chi connectivity index (χ4n) is 2.39. The first-order valence-electron chi connectivity index (χ1n) is 7.44. The maximum Gasteiger partial charge on any atom is 0.339 e. The number of fused-ring (bicyclic) bond motifs is 1. The van der Waals surface area contributed by atoms with Crippen molar-refractivity contribution in [2.45, 2.75) is 0 Å². The lowest BCUT2D eigenvalue weighted by molar-refractivity contribution is -0.119. The Morgan fingerprint density at radius 2 is 1.72 bits per heavy atom. The van der Waals surface area contributed by atoms with E-state index in [1.807, 2.05) is 18.2 Å². The van der Waals surface area contributed by atoms with Crippen molar-refractivity contribution in [3.8, 4) is 0 Å². The number of halogens is 2. The summed E-state index contributed by atoms with van der Waals surface area (Å²) in [7, 11) is 0. The first-order valence-corrected chi connectivity index (χ1v) is 7.44. The van der Waals surface area contributed by atoms with Crippen LogP contribution in [0.4, 0.5) is 14.5 Å². The third-order valence-corrected chi connectivity index (χ3v) is 3.55. The molecule has 126 valence electrons. The molecule has 1 amide bonds. The van der Waals surface area contributed by atoms with Gasteiger partial charge in [0.15, 0.2) is 6.61 Å². The van der Waals surface area contributed by atoms with Crippen molar-refractivity contribution in [2.24, 2.45) is 0 Å². The van der Waals surface area contributed by atoms with E-state index in [1.54, 1.807) is 24.3 Å². The Balaban J connectivity index is 1.66. The topological polar surface area (TPSA) is 55.4 Å². The Hall–Kier alpha value is -3.28. The van der Waals surface area contributed by atoms with Gasteiger partial charge in [-0.1, -0.05) is 36.4 Å². The maximum atomic E-state index is 13.5. The Morgan fingerprint density at radius 1 is 0.960 bits per heavy atom. The van der Waals surface area contributed by atoms with Gasteiger partial charge in [-0.3, -0.25) is 4.79 Å². The highest BCUT2D eigenvalue weighted by atomic mass is 19.1. The lowest BCUT2D eigenvalue weighted by Crippen LogP contribution is -2.21. The molecule has 25 heavy (non-hydrogen) atoms. The van der Waals surface area contributed by atoms with Gasteiger partial charge in [0.25, 0.3) is 5.91 Å². The average Bonchev–Trinajstić information content (AvgIpc) is 2.61. The van der Waals surface area contributed by atoms with Crippen LogP contribution in [0.1, 0.15) is 10.4 Å². The van der Waals surface area contributed by atoms with Crippen LogP contribution >= 0.6 is 0 Å². The molecule has 0 atom stereocenters. The summed E-state index contributed by atoms with van der Waals surface area (Å²) < 4.78 is 31.3. The predicted octanol–water partition coefficient (Wildman–Crippen LogP) is 3.91. The number of carbonyl (C=O) groups excluding carboxylic acids is 2. The third kappa shape index (κ3) is 3.80. The summed E-state index contributed by atoms with van der Waals surface area (Å²) in [5, 5.41) is 3.80. The number of anilines is 1. The Bertz CT molecular complexity index is 951. The van der Waals surface area contributed by atoms with E-state index in [9.17, 15) is 18.4 Å². The summed E-state index contributed by atoms with van der Waals surface area (Å²) in [5.74, 6) is -3.04. The number of rotatable bonds is 4. The molecule has 0 radical (unpaired) electrons. The zero-order valence-corrected chi connectivity index (χ0v) is 13.0. The minimum Gasteiger partial charge on any atom is -0.452 e. The smallest absolute Gasteiger partial charge is 0.339 e. The normalized spacial score (nSPS) is 10.5. The van der Waals surface area contributed by atoms with Gasteiger partial charge in [-0.25, -0.2) is 13.6 Å². The van der Waals surface area contributed by atoms with E-state index in [4.69, 9.17) is 4.74 Å². The molecule has 0 aliphatic heterocycles. The van der Waals surface area contributed by atoms with Crippen LogP contribution in [0.2, 0.25) is 0 Å². The van der Waals surface area contributed by atoms with E-state index in [2.05, 4.69) is 5.32 Å². The summed E-state index contributed by atoms with van der Waals surface area (Å²) in [4.78, 5) is 24.0. The van der Waals surface area contributed by atoms with Crippen LogP contribution < -0.4 is 5.32 Å². The molecule has 0 bridgehead atoms. The van der Waals surface area contributed by atoms with Crippen molar-refractivity contribution in [3.05, 3.63) is 77.9 Å². The number of benzene rings is 3. The molecular weight excluding hydrogens is 328 g/mol. The highest BCUT2D eigenvalue weighted by molar-refractivity contribution is 6.05. The molecule has 6 heteroatoms. The number of amides is 1. The zero-order valence-electron chi connectivity index (χ0n) is 13.0. The van der Waals surface area contributed by atoms with Gasteiger partial charge in [-0.15, -0.1) is 0 Å². The molecule has 0 aliphatic rings. The van der Waals surface area contributed by atoms with Crippen molar-refractivity contribution in [2.75, 3.05) is 11.9 Å². The summed E-state index contributed by atoms with van der Waals surface area (Å²) in [6, 6.07) is 15.2. The molecular formula is C19H13F2NO3. The Kier molecular flexibility index (Phi) is 4.70. The number of carbonyl (C=O) groups is 2. The Labute approximate surface area is 142 Å². The minimum absolute atomic E-state index is 0.187. The van der Waals surface area contributed by atoms with Crippen molar-refractivity contribution >= 4 is 28.3 Å². The summed E-state index contributed by atoms with van der Waals surface area (Å²) in [5.41, 5.74) is 0.145. The fraction of sp³-hybridized carbons (Fsp3) is 0.0526. The van der Waals surface area contributed by atoms with Gasteiger partial charge < -0.3 is 10.1 Å². The lowest BCUT2D eigenvalue weighted by Gasteiger charge is -2.09. The number of hydrogen-bond acceptors (Lipinski definition) is 3. The van der Waals surface area contributed by atoms with Gasteiger partial charge in [-0.05, 0) is 29.0 Å². The molecule has 3 aromatic rings. The van der Waals surface area contributed by atoms with Gasteiger partial charge in [0.1, 0.15) is 11.6 Å². The average molecular weight is 341 g/mol. The van der Waals surface area contributed by atoms with Gasteiger partial charge in [-0.2, -0.15) is 0 Å². The SMILES string of the molecule is O=C(COC(=O)c1cccc2ccccc12)Nc1ccc(F)cc1F. The van der Waals surface area contributed by atoms with E-state index in [0.29, 0.717) is 17.0 Å². The first kappa shape index (κ1) is 16.6. The molecule has 3 rings (SSSR count). The van der Waals surface area contributed by atoms with Crippen molar-refractivity contribution in [1.29, 1.82) is 0 Å². The van der Waals surface area contributed by atoms with E-state index in [0.717, 1.165) is 17.5 Å². The molecule has 0 unspecified atom stereocenters. The molecule has 0 aromatic heterocycles. The van der Waals surface area contributed by atoms with Gasteiger partial charge in [0.05, 0.1) is 11.3 Å². The third-order valence-electron chi connectivity index (χ3n) is 3.55. The van der Waals surface area contributed by atoms with Crippen LogP contribution in [0.5, 0.6) is 0 Å². The van der Waals surface area contributed by atoms with E-state index in [-0.39, 0.29) is 5.69 Å². The van der Waals surface area contributed by atoms with Crippen molar-refractivity contribution < 1.29 is 23.1 Å². The molecule has 0 saturated heterocycles. The molecule has 0 fully saturated rings. The van der Waals surface area contributed by atoms with Crippen molar-refractivity contribution in [3.63, 3.8) is 0 Å². The largest absolute Gasteiger partial charge is 0.452 e. The molecule has 4 nitrogen and oxygen atoms in total.